The number of imidazole rings is 1. The number of hydrogen-bond acceptors (Lipinski definition) is 5. The van der Waals surface area contributed by atoms with E-state index in [-0.39, 0.29) is 5.91 Å². The number of aryl methyl sites for hydroxylation is 2. The first-order valence-electron chi connectivity index (χ1n) is 9.08. The van der Waals surface area contributed by atoms with Crippen molar-refractivity contribution in [2.24, 2.45) is 0 Å². The minimum Gasteiger partial charge on any atom is -0.438 e. The Morgan fingerprint density at radius 1 is 0.931 bits per heavy atom. The molecule has 0 aliphatic rings. The quantitative estimate of drug-likeness (QED) is 0.553. The van der Waals surface area contributed by atoms with Crippen LogP contribution in [0.15, 0.2) is 73.1 Å². The monoisotopic (exact) mass is 385 g/mol. The molecule has 1 N–H and O–H groups in total. The maximum absolute atomic E-state index is 12.3. The minimum atomic E-state index is -0.157. The van der Waals surface area contributed by atoms with Gasteiger partial charge in [-0.3, -0.25) is 9.36 Å². The summed E-state index contributed by atoms with van der Waals surface area (Å²) in [6.45, 7) is 3.88. The molecular formula is C22H19N5O2. The van der Waals surface area contributed by atoms with E-state index in [1.54, 1.807) is 48.7 Å². The number of ether oxygens (including phenoxy) is 1. The number of benzene rings is 2. The molecule has 0 spiro atoms. The number of carbonyl (C=O) groups excluding carboxylic acids is 1. The number of carbonyl (C=O) groups is 1. The molecule has 0 aliphatic carbocycles. The molecule has 0 unspecified atom stereocenters. The minimum absolute atomic E-state index is 0.157. The second-order valence-corrected chi connectivity index (χ2v) is 6.52. The van der Waals surface area contributed by atoms with Gasteiger partial charge in [0, 0.05) is 29.7 Å². The third kappa shape index (κ3) is 4.30. The Bertz CT molecular complexity index is 1120. The van der Waals surface area contributed by atoms with E-state index in [4.69, 9.17) is 4.74 Å². The highest BCUT2D eigenvalue weighted by molar-refractivity contribution is 6.04. The van der Waals surface area contributed by atoms with E-state index in [2.05, 4.69) is 20.5 Å². The number of nitrogens with one attached hydrogen (secondary N) is 1. The SMILES string of the molecule is Cc1ccc(C(=O)Nc2ccc(Oc3ccc(-n4ccnc4C)nn3)cc2)cc1. The van der Waals surface area contributed by atoms with E-state index in [0.29, 0.717) is 28.7 Å². The highest BCUT2D eigenvalue weighted by Gasteiger charge is 2.07. The summed E-state index contributed by atoms with van der Waals surface area (Å²) >= 11 is 0. The fraction of sp³-hybridized carbons (Fsp3) is 0.0909. The van der Waals surface area contributed by atoms with E-state index in [0.717, 1.165) is 11.4 Å². The molecular weight excluding hydrogens is 366 g/mol. The van der Waals surface area contributed by atoms with Gasteiger partial charge < -0.3 is 10.1 Å². The summed E-state index contributed by atoms with van der Waals surface area (Å²) in [5, 5.41) is 11.1. The van der Waals surface area contributed by atoms with Crippen molar-refractivity contribution in [3.05, 3.63) is 90.0 Å². The Morgan fingerprint density at radius 2 is 1.69 bits per heavy atom. The molecule has 2 aromatic heterocycles. The first-order chi connectivity index (χ1) is 14.1. The van der Waals surface area contributed by atoms with Gasteiger partial charge >= 0.3 is 0 Å². The van der Waals surface area contributed by atoms with Crippen LogP contribution in [0.4, 0.5) is 5.69 Å². The zero-order valence-electron chi connectivity index (χ0n) is 16.0. The van der Waals surface area contributed by atoms with Crippen molar-refractivity contribution in [3.8, 4) is 17.4 Å². The van der Waals surface area contributed by atoms with Gasteiger partial charge in [0.05, 0.1) is 0 Å². The van der Waals surface area contributed by atoms with Crippen LogP contribution in [0.3, 0.4) is 0 Å². The van der Waals surface area contributed by atoms with Crippen molar-refractivity contribution in [2.75, 3.05) is 5.32 Å². The Morgan fingerprint density at radius 3 is 2.31 bits per heavy atom. The van der Waals surface area contributed by atoms with Gasteiger partial charge in [0.25, 0.3) is 5.91 Å². The lowest BCUT2D eigenvalue weighted by atomic mass is 10.1. The highest BCUT2D eigenvalue weighted by Crippen LogP contribution is 2.22. The molecule has 4 aromatic rings. The van der Waals surface area contributed by atoms with Gasteiger partial charge in [0.1, 0.15) is 11.6 Å². The molecule has 2 aromatic carbocycles. The van der Waals surface area contributed by atoms with Gasteiger partial charge in [0.2, 0.25) is 5.88 Å². The molecule has 1 amide bonds. The molecule has 0 aliphatic heterocycles. The summed E-state index contributed by atoms with van der Waals surface area (Å²) in [5.74, 6) is 2.31. The fourth-order valence-electron chi connectivity index (χ4n) is 2.75. The summed E-state index contributed by atoms with van der Waals surface area (Å²) in [7, 11) is 0. The van der Waals surface area contributed by atoms with E-state index in [1.807, 2.05) is 42.8 Å². The number of hydrogen-bond donors (Lipinski definition) is 1. The molecule has 0 saturated heterocycles. The summed E-state index contributed by atoms with van der Waals surface area (Å²) in [6, 6.07) is 18.1. The standard InChI is InChI=1S/C22H19N5O2/c1-15-3-5-17(6-4-15)22(28)24-18-7-9-19(10-8-18)29-21-12-11-20(25-26-21)27-14-13-23-16(27)2/h3-14H,1-2H3,(H,24,28). The summed E-state index contributed by atoms with van der Waals surface area (Å²) in [4.78, 5) is 16.5. The van der Waals surface area contributed by atoms with Crippen LogP contribution in [0.25, 0.3) is 5.82 Å². The van der Waals surface area contributed by atoms with Gasteiger partial charge in [-0.05, 0) is 56.3 Å². The van der Waals surface area contributed by atoms with Crippen molar-refractivity contribution >= 4 is 11.6 Å². The fourth-order valence-corrected chi connectivity index (χ4v) is 2.75. The van der Waals surface area contributed by atoms with Crippen LogP contribution in [0.5, 0.6) is 11.6 Å². The third-order valence-corrected chi connectivity index (χ3v) is 4.35. The summed E-state index contributed by atoms with van der Waals surface area (Å²) in [6.07, 6.45) is 3.53. The van der Waals surface area contributed by atoms with Crippen LogP contribution < -0.4 is 10.1 Å². The first-order valence-corrected chi connectivity index (χ1v) is 9.08. The molecule has 0 atom stereocenters. The predicted octanol–water partition coefficient (Wildman–Crippen LogP) is 4.32. The van der Waals surface area contributed by atoms with Gasteiger partial charge in [0.15, 0.2) is 5.82 Å². The lowest BCUT2D eigenvalue weighted by Gasteiger charge is -2.08. The Kier molecular flexibility index (Phi) is 5.03. The van der Waals surface area contributed by atoms with E-state index < -0.39 is 0 Å². The van der Waals surface area contributed by atoms with Crippen LogP contribution in [0.1, 0.15) is 21.7 Å². The van der Waals surface area contributed by atoms with Crippen molar-refractivity contribution in [2.45, 2.75) is 13.8 Å². The number of nitrogens with zero attached hydrogens (tertiary/aromatic N) is 4. The molecule has 0 radical (unpaired) electrons. The Hall–Kier alpha value is -4.00. The lowest BCUT2D eigenvalue weighted by Crippen LogP contribution is -2.11. The van der Waals surface area contributed by atoms with E-state index in [1.165, 1.54) is 0 Å². The Labute approximate surface area is 168 Å². The maximum Gasteiger partial charge on any atom is 0.255 e. The van der Waals surface area contributed by atoms with Crippen molar-refractivity contribution in [3.63, 3.8) is 0 Å². The second-order valence-electron chi connectivity index (χ2n) is 6.52. The lowest BCUT2D eigenvalue weighted by molar-refractivity contribution is 0.102. The van der Waals surface area contributed by atoms with Crippen molar-refractivity contribution < 1.29 is 9.53 Å². The van der Waals surface area contributed by atoms with Crippen molar-refractivity contribution in [1.82, 2.24) is 19.7 Å². The Balaban J connectivity index is 1.40. The molecule has 7 nitrogen and oxygen atoms in total. The largest absolute Gasteiger partial charge is 0.438 e. The van der Waals surface area contributed by atoms with Gasteiger partial charge in [-0.15, -0.1) is 10.2 Å². The topological polar surface area (TPSA) is 81.9 Å². The van der Waals surface area contributed by atoms with Crippen LogP contribution in [-0.2, 0) is 0 Å². The van der Waals surface area contributed by atoms with Gasteiger partial charge in [-0.1, -0.05) is 17.7 Å². The molecule has 7 heteroatoms. The average Bonchev–Trinajstić information content (AvgIpc) is 3.16. The molecule has 0 fully saturated rings. The van der Waals surface area contributed by atoms with Crippen LogP contribution in [0, 0.1) is 13.8 Å². The van der Waals surface area contributed by atoms with Gasteiger partial charge in [-0.2, -0.15) is 0 Å². The number of amides is 1. The molecule has 0 saturated carbocycles. The number of aromatic nitrogens is 4. The highest BCUT2D eigenvalue weighted by atomic mass is 16.5. The molecule has 144 valence electrons. The van der Waals surface area contributed by atoms with Crippen LogP contribution >= 0.6 is 0 Å². The predicted molar refractivity (Wildman–Crippen MR) is 110 cm³/mol. The third-order valence-electron chi connectivity index (χ3n) is 4.35. The van der Waals surface area contributed by atoms with Gasteiger partial charge in [-0.25, -0.2) is 4.98 Å². The summed E-state index contributed by atoms with van der Waals surface area (Å²) in [5.41, 5.74) is 2.40. The number of anilines is 1. The molecule has 29 heavy (non-hydrogen) atoms. The second kappa shape index (κ2) is 7.93. The number of rotatable bonds is 5. The first kappa shape index (κ1) is 18.4. The normalized spacial score (nSPS) is 10.6. The van der Waals surface area contributed by atoms with E-state index >= 15 is 0 Å². The van der Waals surface area contributed by atoms with Crippen LogP contribution in [-0.4, -0.2) is 25.7 Å². The van der Waals surface area contributed by atoms with E-state index in [9.17, 15) is 4.79 Å². The van der Waals surface area contributed by atoms with Crippen LogP contribution in [0.2, 0.25) is 0 Å². The molecule has 0 bridgehead atoms. The maximum atomic E-state index is 12.3. The van der Waals surface area contributed by atoms with Crippen molar-refractivity contribution in [1.29, 1.82) is 0 Å². The zero-order chi connectivity index (χ0) is 20.2. The molecule has 4 rings (SSSR count). The smallest absolute Gasteiger partial charge is 0.255 e. The summed E-state index contributed by atoms with van der Waals surface area (Å²) < 4.78 is 7.56. The zero-order valence-corrected chi connectivity index (χ0v) is 16.0. The average molecular weight is 385 g/mol. The molecule has 2 heterocycles.